The number of amides is 1. The summed E-state index contributed by atoms with van der Waals surface area (Å²) in [7, 11) is 0. The number of nitrogen functional groups attached to an aromatic ring is 1. The number of anilines is 1. The number of halogens is 2. The molecule has 0 unspecified atom stereocenters. The van der Waals surface area contributed by atoms with Crippen molar-refractivity contribution in [2.75, 3.05) is 12.3 Å². The van der Waals surface area contributed by atoms with Gasteiger partial charge in [-0.1, -0.05) is 23.7 Å². The summed E-state index contributed by atoms with van der Waals surface area (Å²) >= 11 is 5.89. The quantitative estimate of drug-likeness (QED) is 0.822. The molecule has 0 saturated heterocycles. The summed E-state index contributed by atoms with van der Waals surface area (Å²) in [6, 6.07) is 10.0. The molecule has 0 spiro atoms. The maximum Gasteiger partial charge on any atom is 0.255 e. The molecule has 1 aliphatic heterocycles. The second-order valence-electron chi connectivity index (χ2n) is 5.11. The van der Waals surface area contributed by atoms with Crippen LogP contribution in [0.15, 0.2) is 36.4 Å². The summed E-state index contributed by atoms with van der Waals surface area (Å²) in [6.07, 6.45) is 0.758. The topological polar surface area (TPSA) is 46.3 Å². The Bertz CT molecular complexity index is 717. The predicted octanol–water partition coefficient (Wildman–Crippen LogP) is 3.26. The number of hydrogen-bond acceptors (Lipinski definition) is 2. The van der Waals surface area contributed by atoms with E-state index in [9.17, 15) is 9.18 Å². The molecule has 0 saturated carbocycles. The Morgan fingerprint density at radius 2 is 2.05 bits per heavy atom. The first-order valence-corrected chi connectivity index (χ1v) is 7.04. The van der Waals surface area contributed by atoms with Gasteiger partial charge in [0.15, 0.2) is 0 Å². The third kappa shape index (κ3) is 2.59. The molecule has 2 aromatic rings. The monoisotopic (exact) mass is 304 g/mol. The van der Waals surface area contributed by atoms with E-state index in [1.807, 2.05) is 18.2 Å². The third-order valence-electron chi connectivity index (χ3n) is 3.71. The average molecular weight is 305 g/mol. The highest BCUT2D eigenvalue weighted by atomic mass is 35.5. The van der Waals surface area contributed by atoms with Crippen LogP contribution in [0.2, 0.25) is 5.02 Å². The van der Waals surface area contributed by atoms with Gasteiger partial charge in [0.2, 0.25) is 0 Å². The van der Waals surface area contributed by atoms with Crippen LogP contribution in [0.4, 0.5) is 10.1 Å². The summed E-state index contributed by atoms with van der Waals surface area (Å²) in [5.41, 5.74) is 8.88. The fourth-order valence-corrected chi connectivity index (χ4v) is 2.80. The molecule has 5 heteroatoms. The number of carbonyl (C=O) groups is 1. The van der Waals surface area contributed by atoms with E-state index in [1.165, 1.54) is 17.7 Å². The SMILES string of the molecule is Nc1ccc2c(c1)CN(C(=O)c1cccc(F)c1Cl)CC2. The molecule has 0 atom stereocenters. The second-order valence-corrected chi connectivity index (χ2v) is 5.48. The van der Waals surface area contributed by atoms with Crippen LogP contribution in [-0.4, -0.2) is 17.4 Å². The number of rotatable bonds is 1. The molecule has 1 heterocycles. The lowest BCUT2D eigenvalue weighted by atomic mass is 9.98. The molecule has 0 fully saturated rings. The smallest absolute Gasteiger partial charge is 0.255 e. The lowest BCUT2D eigenvalue weighted by Crippen LogP contribution is -2.36. The van der Waals surface area contributed by atoms with E-state index < -0.39 is 5.82 Å². The van der Waals surface area contributed by atoms with Gasteiger partial charge in [-0.15, -0.1) is 0 Å². The molecule has 0 radical (unpaired) electrons. The van der Waals surface area contributed by atoms with Crippen molar-refractivity contribution in [2.24, 2.45) is 0 Å². The predicted molar refractivity (Wildman–Crippen MR) is 80.7 cm³/mol. The molecule has 0 bridgehead atoms. The van der Waals surface area contributed by atoms with Gasteiger partial charge in [0.05, 0.1) is 10.6 Å². The van der Waals surface area contributed by atoms with Crippen molar-refractivity contribution < 1.29 is 9.18 Å². The Kier molecular flexibility index (Phi) is 3.55. The zero-order chi connectivity index (χ0) is 15.0. The van der Waals surface area contributed by atoms with Crippen LogP contribution in [-0.2, 0) is 13.0 Å². The van der Waals surface area contributed by atoms with Crippen molar-refractivity contribution in [3.05, 3.63) is 63.9 Å². The molecular weight excluding hydrogens is 291 g/mol. The summed E-state index contributed by atoms with van der Waals surface area (Å²) < 4.78 is 13.5. The number of nitrogens with zero attached hydrogens (tertiary/aromatic N) is 1. The molecule has 3 nitrogen and oxygen atoms in total. The van der Waals surface area contributed by atoms with Gasteiger partial charge in [0.1, 0.15) is 5.82 Å². The molecule has 108 valence electrons. The van der Waals surface area contributed by atoms with Crippen LogP contribution in [0.1, 0.15) is 21.5 Å². The number of carbonyl (C=O) groups excluding carboxylic acids is 1. The van der Waals surface area contributed by atoms with E-state index in [1.54, 1.807) is 11.0 Å². The molecule has 3 rings (SSSR count). The minimum absolute atomic E-state index is 0.124. The highest BCUT2D eigenvalue weighted by Gasteiger charge is 2.24. The van der Waals surface area contributed by atoms with Gasteiger partial charge in [-0.3, -0.25) is 4.79 Å². The summed E-state index contributed by atoms with van der Waals surface area (Å²) in [5.74, 6) is -0.836. The lowest BCUT2D eigenvalue weighted by molar-refractivity contribution is 0.0734. The Labute approximate surface area is 127 Å². The van der Waals surface area contributed by atoms with Crippen molar-refractivity contribution in [1.29, 1.82) is 0 Å². The molecule has 2 aromatic carbocycles. The minimum atomic E-state index is -0.579. The van der Waals surface area contributed by atoms with E-state index in [4.69, 9.17) is 17.3 Å². The normalized spacial score (nSPS) is 13.9. The van der Waals surface area contributed by atoms with Crippen molar-refractivity contribution in [3.63, 3.8) is 0 Å². The van der Waals surface area contributed by atoms with Crippen molar-refractivity contribution in [3.8, 4) is 0 Å². The number of nitrogens with two attached hydrogens (primary N) is 1. The summed E-state index contributed by atoms with van der Waals surface area (Å²) in [4.78, 5) is 14.2. The molecule has 1 aliphatic rings. The number of benzene rings is 2. The van der Waals surface area contributed by atoms with Crippen molar-refractivity contribution in [1.82, 2.24) is 4.90 Å². The highest BCUT2D eigenvalue weighted by Crippen LogP contribution is 2.26. The minimum Gasteiger partial charge on any atom is -0.399 e. The molecular formula is C16H14ClFN2O. The zero-order valence-electron chi connectivity index (χ0n) is 11.3. The third-order valence-corrected chi connectivity index (χ3v) is 4.10. The fourth-order valence-electron chi connectivity index (χ4n) is 2.59. The van der Waals surface area contributed by atoms with Gasteiger partial charge in [-0.05, 0) is 41.8 Å². The maximum absolute atomic E-state index is 13.5. The van der Waals surface area contributed by atoms with E-state index >= 15 is 0 Å². The first-order chi connectivity index (χ1) is 10.1. The van der Waals surface area contributed by atoms with Crippen LogP contribution in [0.25, 0.3) is 0 Å². The van der Waals surface area contributed by atoms with Crippen LogP contribution in [0.3, 0.4) is 0 Å². The first-order valence-electron chi connectivity index (χ1n) is 6.67. The van der Waals surface area contributed by atoms with E-state index in [0.717, 1.165) is 12.0 Å². The Balaban J connectivity index is 1.89. The molecule has 2 N–H and O–H groups in total. The van der Waals surface area contributed by atoms with Gasteiger partial charge < -0.3 is 10.6 Å². The Morgan fingerprint density at radius 3 is 2.86 bits per heavy atom. The summed E-state index contributed by atoms with van der Waals surface area (Å²) in [5, 5.41) is -0.124. The Hall–Kier alpha value is -2.07. The van der Waals surface area contributed by atoms with Crippen LogP contribution in [0, 0.1) is 5.82 Å². The van der Waals surface area contributed by atoms with E-state index in [-0.39, 0.29) is 16.5 Å². The molecule has 21 heavy (non-hydrogen) atoms. The average Bonchev–Trinajstić information content (AvgIpc) is 2.48. The standard InChI is InChI=1S/C16H14ClFN2O/c17-15-13(2-1-3-14(15)18)16(21)20-7-6-10-4-5-12(19)8-11(10)9-20/h1-5,8H,6-7,9,19H2. The highest BCUT2D eigenvalue weighted by molar-refractivity contribution is 6.34. The number of fused-ring (bicyclic) bond motifs is 1. The van der Waals surface area contributed by atoms with Crippen molar-refractivity contribution >= 4 is 23.2 Å². The fraction of sp³-hybridized carbons (Fsp3) is 0.188. The first kappa shape index (κ1) is 13.9. The van der Waals surface area contributed by atoms with E-state index in [0.29, 0.717) is 18.8 Å². The molecule has 0 aromatic heterocycles. The van der Waals surface area contributed by atoms with Crippen LogP contribution >= 0.6 is 11.6 Å². The van der Waals surface area contributed by atoms with Crippen LogP contribution in [0.5, 0.6) is 0 Å². The van der Waals surface area contributed by atoms with Crippen molar-refractivity contribution in [2.45, 2.75) is 13.0 Å². The lowest BCUT2D eigenvalue weighted by Gasteiger charge is -2.29. The van der Waals surface area contributed by atoms with Gasteiger partial charge in [0, 0.05) is 18.8 Å². The van der Waals surface area contributed by atoms with Gasteiger partial charge in [-0.25, -0.2) is 4.39 Å². The van der Waals surface area contributed by atoms with Crippen LogP contribution < -0.4 is 5.73 Å². The largest absolute Gasteiger partial charge is 0.399 e. The maximum atomic E-state index is 13.5. The zero-order valence-corrected chi connectivity index (χ0v) is 12.0. The second kappa shape index (κ2) is 5.37. The van der Waals surface area contributed by atoms with Gasteiger partial charge in [0.25, 0.3) is 5.91 Å². The van der Waals surface area contributed by atoms with Gasteiger partial charge in [-0.2, -0.15) is 0 Å². The van der Waals surface area contributed by atoms with Gasteiger partial charge >= 0.3 is 0 Å². The number of hydrogen-bond donors (Lipinski definition) is 1. The Morgan fingerprint density at radius 1 is 1.24 bits per heavy atom. The molecule has 0 aliphatic carbocycles. The van der Waals surface area contributed by atoms with E-state index in [2.05, 4.69) is 0 Å². The molecule has 1 amide bonds. The summed E-state index contributed by atoms with van der Waals surface area (Å²) in [6.45, 7) is 1.05.